The fraction of sp³-hybridized carbons (Fsp3) is 0.455. The maximum atomic E-state index is 13.5. The van der Waals surface area contributed by atoms with Crippen molar-refractivity contribution in [3.05, 3.63) is 34.1 Å². The number of nitro benzene ring substituents is 1. The van der Waals surface area contributed by atoms with Crippen LogP contribution in [0.4, 0.5) is 15.8 Å². The molecular weight excluding hydrogens is 227 g/mol. The highest BCUT2D eigenvalue weighted by atomic mass is 19.1. The van der Waals surface area contributed by atoms with Gasteiger partial charge in [0.05, 0.1) is 22.8 Å². The van der Waals surface area contributed by atoms with Crippen LogP contribution >= 0.6 is 0 Å². The van der Waals surface area contributed by atoms with Crippen LogP contribution in [0.25, 0.3) is 0 Å². The lowest BCUT2D eigenvalue weighted by atomic mass is 9.89. The molecule has 0 saturated heterocycles. The molecule has 0 heterocycles. The van der Waals surface area contributed by atoms with Crippen LogP contribution in [0.2, 0.25) is 0 Å². The molecule has 2 rings (SSSR count). The number of hydrogen-bond acceptors (Lipinski definition) is 4. The van der Waals surface area contributed by atoms with E-state index in [4.69, 9.17) is 4.74 Å². The number of rotatable bonds is 4. The lowest BCUT2D eigenvalue weighted by Crippen LogP contribution is -2.40. The molecule has 1 N–H and O–H groups in total. The number of nitrogens with one attached hydrogen (secondary N) is 1. The van der Waals surface area contributed by atoms with Crippen molar-refractivity contribution >= 4 is 11.4 Å². The molecular formula is C11H13FN2O3. The van der Waals surface area contributed by atoms with Gasteiger partial charge >= 0.3 is 0 Å². The van der Waals surface area contributed by atoms with Gasteiger partial charge in [-0.25, -0.2) is 4.39 Å². The second-order valence-electron chi connectivity index (χ2n) is 4.09. The van der Waals surface area contributed by atoms with Gasteiger partial charge in [0, 0.05) is 19.2 Å². The summed E-state index contributed by atoms with van der Waals surface area (Å²) in [6.45, 7) is 0. The van der Waals surface area contributed by atoms with Crippen molar-refractivity contribution in [3.8, 4) is 0 Å². The van der Waals surface area contributed by atoms with E-state index in [1.807, 2.05) is 0 Å². The molecule has 1 aliphatic carbocycles. The Hall–Kier alpha value is -1.69. The highest BCUT2D eigenvalue weighted by Crippen LogP contribution is 2.28. The zero-order valence-corrected chi connectivity index (χ0v) is 9.35. The van der Waals surface area contributed by atoms with Gasteiger partial charge in [-0.1, -0.05) is 0 Å². The fourth-order valence-electron chi connectivity index (χ4n) is 1.83. The number of anilines is 1. The van der Waals surface area contributed by atoms with Gasteiger partial charge in [-0.3, -0.25) is 10.1 Å². The molecule has 1 aromatic rings. The molecule has 1 aromatic carbocycles. The SMILES string of the molecule is COC1CC(Nc2ccc([N+](=O)[O-])cc2F)C1. The zero-order chi connectivity index (χ0) is 12.4. The molecule has 1 aliphatic rings. The predicted molar refractivity (Wildman–Crippen MR) is 60.5 cm³/mol. The van der Waals surface area contributed by atoms with E-state index in [-0.39, 0.29) is 17.8 Å². The lowest BCUT2D eigenvalue weighted by Gasteiger charge is -2.35. The largest absolute Gasteiger partial charge is 0.381 e. The third kappa shape index (κ3) is 2.52. The number of non-ortho nitro benzene ring substituents is 1. The Kier molecular flexibility index (Phi) is 3.23. The van der Waals surface area contributed by atoms with Gasteiger partial charge in [0.1, 0.15) is 0 Å². The van der Waals surface area contributed by atoms with Crippen LogP contribution in [-0.4, -0.2) is 24.2 Å². The molecule has 92 valence electrons. The van der Waals surface area contributed by atoms with Crippen molar-refractivity contribution < 1.29 is 14.1 Å². The molecule has 17 heavy (non-hydrogen) atoms. The number of methoxy groups -OCH3 is 1. The molecule has 0 bridgehead atoms. The minimum Gasteiger partial charge on any atom is -0.381 e. The monoisotopic (exact) mass is 240 g/mol. The van der Waals surface area contributed by atoms with Crippen LogP contribution in [0.1, 0.15) is 12.8 Å². The molecule has 5 nitrogen and oxygen atoms in total. The smallest absolute Gasteiger partial charge is 0.272 e. The van der Waals surface area contributed by atoms with E-state index in [1.165, 1.54) is 12.1 Å². The van der Waals surface area contributed by atoms with Crippen molar-refractivity contribution in [1.29, 1.82) is 0 Å². The average molecular weight is 240 g/mol. The molecule has 6 heteroatoms. The van der Waals surface area contributed by atoms with Crippen molar-refractivity contribution in [1.82, 2.24) is 0 Å². The molecule has 1 saturated carbocycles. The van der Waals surface area contributed by atoms with Gasteiger partial charge in [-0.15, -0.1) is 0 Å². The van der Waals surface area contributed by atoms with Crippen LogP contribution in [0, 0.1) is 15.9 Å². The van der Waals surface area contributed by atoms with Crippen molar-refractivity contribution in [3.63, 3.8) is 0 Å². The van der Waals surface area contributed by atoms with Gasteiger partial charge in [-0.05, 0) is 18.9 Å². The highest BCUT2D eigenvalue weighted by Gasteiger charge is 2.29. The summed E-state index contributed by atoms with van der Waals surface area (Å²) in [6, 6.07) is 3.79. The van der Waals surface area contributed by atoms with E-state index in [1.54, 1.807) is 7.11 Å². The summed E-state index contributed by atoms with van der Waals surface area (Å²) in [7, 11) is 1.65. The molecule has 0 unspecified atom stereocenters. The highest BCUT2D eigenvalue weighted by molar-refractivity contribution is 5.51. The van der Waals surface area contributed by atoms with Gasteiger partial charge in [0.2, 0.25) is 0 Å². The Labute approximate surface area is 97.7 Å². The van der Waals surface area contributed by atoms with Crippen LogP contribution in [-0.2, 0) is 4.74 Å². The van der Waals surface area contributed by atoms with E-state index in [2.05, 4.69) is 5.32 Å². The third-order valence-corrected chi connectivity index (χ3v) is 2.95. The quantitative estimate of drug-likeness (QED) is 0.648. The summed E-state index contributed by atoms with van der Waals surface area (Å²) in [5.41, 5.74) is 0.0616. The number of benzene rings is 1. The van der Waals surface area contributed by atoms with Crippen molar-refractivity contribution in [2.45, 2.75) is 25.0 Å². The number of ether oxygens (including phenoxy) is 1. The zero-order valence-electron chi connectivity index (χ0n) is 9.35. The molecule has 0 atom stereocenters. The maximum Gasteiger partial charge on any atom is 0.272 e. The normalized spacial score (nSPS) is 22.9. The minimum absolute atomic E-state index is 0.177. The van der Waals surface area contributed by atoms with Crippen molar-refractivity contribution in [2.75, 3.05) is 12.4 Å². The summed E-state index contributed by atoms with van der Waals surface area (Å²) < 4.78 is 18.6. The first kappa shape index (κ1) is 11.8. The Morgan fingerprint density at radius 3 is 2.76 bits per heavy atom. The van der Waals surface area contributed by atoms with Crippen LogP contribution in [0.3, 0.4) is 0 Å². The van der Waals surface area contributed by atoms with E-state index >= 15 is 0 Å². The van der Waals surface area contributed by atoms with Crippen LogP contribution in [0.5, 0.6) is 0 Å². The fourth-order valence-corrected chi connectivity index (χ4v) is 1.83. The lowest BCUT2D eigenvalue weighted by molar-refractivity contribution is -0.385. The Bertz CT molecular complexity index is 433. The molecule has 1 fully saturated rings. The molecule has 0 aromatic heterocycles. The molecule has 0 spiro atoms. The van der Waals surface area contributed by atoms with Crippen molar-refractivity contribution in [2.24, 2.45) is 0 Å². The Morgan fingerprint density at radius 2 is 2.24 bits per heavy atom. The summed E-state index contributed by atoms with van der Waals surface area (Å²) in [5.74, 6) is -0.597. The number of halogens is 1. The summed E-state index contributed by atoms with van der Waals surface area (Å²) in [4.78, 5) is 9.82. The first-order valence-corrected chi connectivity index (χ1v) is 5.33. The summed E-state index contributed by atoms with van der Waals surface area (Å²) >= 11 is 0. The van der Waals surface area contributed by atoms with Gasteiger partial charge in [-0.2, -0.15) is 0 Å². The van der Waals surface area contributed by atoms with Gasteiger partial charge in [0.25, 0.3) is 5.69 Å². The Balaban J connectivity index is 2.00. The topological polar surface area (TPSA) is 64.4 Å². The maximum absolute atomic E-state index is 13.5. The van der Waals surface area contributed by atoms with Gasteiger partial charge in [0.15, 0.2) is 5.82 Å². The third-order valence-electron chi connectivity index (χ3n) is 2.95. The average Bonchev–Trinajstić information content (AvgIpc) is 2.24. The number of nitro groups is 1. The molecule has 0 radical (unpaired) electrons. The number of nitrogens with zero attached hydrogens (tertiary/aromatic N) is 1. The van der Waals surface area contributed by atoms with Crippen LogP contribution < -0.4 is 5.32 Å². The van der Waals surface area contributed by atoms with Gasteiger partial charge < -0.3 is 10.1 Å². The van der Waals surface area contributed by atoms with E-state index in [0.29, 0.717) is 5.69 Å². The molecule has 0 amide bonds. The Morgan fingerprint density at radius 1 is 1.53 bits per heavy atom. The molecule has 0 aliphatic heterocycles. The minimum atomic E-state index is -0.614. The second kappa shape index (κ2) is 4.67. The standard InChI is InChI=1S/C11H13FN2O3/c1-17-9-4-7(5-9)13-11-3-2-8(14(15)16)6-10(11)12/h2-3,6-7,9,13H,4-5H2,1H3. The predicted octanol–water partition coefficient (Wildman–Crippen LogP) is 2.32. The van der Waals surface area contributed by atoms with Crippen LogP contribution in [0.15, 0.2) is 18.2 Å². The van der Waals surface area contributed by atoms with E-state index in [9.17, 15) is 14.5 Å². The second-order valence-corrected chi connectivity index (χ2v) is 4.09. The van der Waals surface area contributed by atoms with E-state index in [0.717, 1.165) is 18.9 Å². The number of hydrogen-bond donors (Lipinski definition) is 1. The first-order valence-electron chi connectivity index (χ1n) is 5.33. The van der Waals surface area contributed by atoms with E-state index < -0.39 is 10.7 Å². The summed E-state index contributed by atoms with van der Waals surface area (Å²) in [5, 5.41) is 13.4. The summed E-state index contributed by atoms with van der Waals surface area (Å²) in [6.07, 6.45) is 1.88. The first-order chi connectivity index (χ1) is 8.10.